The number of alkyl halides is 6. The van der Waals surface area contributed by atoms with E-state index in [1.165, 1.54) is 30.3 Å². The van der Waals surface area contributed by atoms with Crippen molar-refractivity contribution in [1.29, 1.82) is 0 Å². The lowest BCUT2D eigenvalue weighted by Crippen LogP contribution is -2.50. The normalized spacial score (nSPS) is 19.6. The Morgan fingerprint density at radius 2 is 1.49 bits per heavy atom. The molecule has 0 aromatic heterocycles. The fourth-order valence-corrected chi connectivity index (χ4v) is 9.31. The first-order valence-corrected chi connectivity index (χ1v) is 21.3. The fraction of sp³-hybridized carbons (Fsp3) is 0.417. The number of carbonyl (C=O) groups is 4. The van der Waals surface area contributed by atoms with E-state index in [9.17, 15) is 49.9 Å². The molecule has 0 N–H and O–H groups in total. The third kappa shape index (κ3) is 10.4. The molecule has 10 nitrogen and oxygen atoms in total. The molecule has 4 aromatic rings. The number of carbonyl (C=O) groups excluding carboxylic acids is 4. The molecule has 4 aromatic carbocycles. The zero-order valence-electron chi connectivity index (χ0n) is 35.9. The van der Waals surface area contributed by atoms with Crippen molar-refractivity contribution in [3.05, 3.63) is 141 Å². The van der Waals surface area contributed by atoms with Crippen LogP contribution >= 0.6 is 0 Å². The lowest BCUT2D eigenvalue weighted by atomic mass is 9.72. The number of rotatable bonds is 14. The largest absolute Gasteiger partial charge is 0.416 e. The smallest absolute Gasteiger partial charge is 0.367 e. The topological polar surface area (TPSA) is 99.7 Å². The molecule has 0 saturated carbocycles. The Bertz CT molecular complexity index is 2350. The van der Waals surface area contributed by atoms with E-state index in [-0.39, 0.29) is 43.6 Å². The molecule has 2 fully saturated rings. The first-order chi connectivity index (χ1) is 30.8. The highest BCUT2D eigenvalue weighted by Crippen LogP contribution is 2.48. The maximum atomic E-state index is 14.1. The Balaban J connectivity index is 0.980. The van der Waals surface area contributed by atoms with E-state index in [2.05, 4.69) is 17.0 Å². The SMILES string of the molecule is CN(CCCN(C)C(=O)c1cccc(C=O)c1)C(=O)CO[C@H]1Cc2ccccc2C12CCN(CC[C@@]1(c3ccc(F)cc3)CN(C(=O)c3cc(C(F)(F)F)cc(C(F)(F)F)c3)CO1)CC2. The Morgan fingerprint density at radius 1 is 0.831 bits per heavy atom. The van der Waals surface area contributed by atoms with Crippen LogP contribution in [0.5, 0.6) is 0 Å². The van der Waals surface area contributed by atoms with Gasteiger partial charge in [0.25, 0.3) is 11.8 Å². The van der Waals surface area contributed by atoms with Gasteiger partial charge in [-0.1, -0.05) is 48.5 Å². The molecular formula is C48H49F7N4O6. The summed E-state index contributed by atoms with van der Waals surface area (Å²) >= 11 is 0. The van der Waals surface area contributed by atoms with Gasteiger partial charge in [0.2, 0.25) is 5.91 Å². The van der Waals surface area contributed by atoms with Crippen molar-refractivity contribution in [2.45, 2.75) is 61.6 Å². The van der Waals surface area contributed by atoms with E-state index < -0.39 is 58.5 Å². The van der Waals surface area contributed by atoms with E-state index in [4.69, 9.17) is 9.47 Å². The number of halogens is 7. The lowest BCUT2D eigenvalue weighted by Gasteiger charge is -2.44. The van der Waals surface area contributed by atoms with Crippen molar-refractivity contribution >= 4 is 24.0 Å². The first kappa shape index (κ1) is 47.3. The van der Waals surface area contributed by atoms with Crippen LogP contribution in [0.15, 0.2) is 91.0 Å². The van der Waals surface area contributed by atoms with E-state index in [1.807, 2.05) is 12.1 Å². The fourth-order valence-electron chi connectivity index (χ4n) is 9.31. The van der Waals surface area contributed by atoms with Crippen LogP contribution in [0.1, 0.15) is 84.6 Å². The van der Waals surface area contributed by atoms with Crippen LogP contribution in [0.25, 0.3) is 0 Å². The Kier molecular flexibility index (Phi) is 13.9. The second-order valence-electron chi connectivity index (χ2n) is 17.1. The van der Waals surface area contributed by atoms with Gasteiger partial charge in [-0.2, -0.15) is 26.3 Å². The number of fused-ring (bicyclic) bond motifs is 2. The van der Waals surface area contributed by atoms with Crippen molar-refractivity contribution in [2.24, 2.45) is 0 Å². The first-order valence-electron chi connectivity index (χ1n) is 21.3. The maximum Gasteiger partial charge on any atom is 0.416 e. The van der Waals surface area contributed by atoms with Crippen LogP contribution in [0.4, 0.5) is 30.7 Å². The molecule has 7 rings (SSSR count). The number of likely N-dealkylation sites (N-methyl/N-ethyl adjacent to an activating group) is 1. The highest BCUT2D eigenvalue weighted by atomic mass is 19.4. The molecule has 2 heterocycles. The second-order valence-corrected chi connectivity index (χ2v) is 17.1. The predicted molar refractivity (Wildman–Crippen MR) is 224 cm³/mol. The maximum absolute atomic E-state index is 14.1. The van der Waals surface area contributed by atoms with Crippen LogP contribution in [0.2, 0.25) is 0 Å². The number of amides is 3. The molecule has 3 amide bonds. The van der Waals surface area contributed by atoms with Crippen molar-refractivity contribution in [1.82, 2.24) is 19.6 Å². The Hall–Kier alpha value is -5.65. The van der Waals surface area contributed by atoms with Gasteiger partial charge in [-0.15, -0.1) is 0 Å². The van der Waals surface area contributed by atoms with E-state index in [0.29, 0.717) is 93.5 Å². The quantitative estimate of drug-likeness (QED) is 0.0935. The van der Waals surface area contributed by atoms with Crippen LogP contribution in [0.3, 0.4) is 0 Å². The molecule has 2 aliphatic heterocycles. The zero-order valence-corrected chi connectivity index (χ0v) is 35.9. The summed E-state index contributed by atoms with van der Waals surface area (Å²) in [7, 11) is 3.36. The van der Waals surface area contributed by atoms with E-state index in [1.54, 1.807) is 42.1 Å². The zero-order chi connectivity index (χ0) is 46.7. The average molecular weight is 911 g/mol. The molecule has 0 unspecified atom stereocenters. The predicted octanol–water partition coefficient (Wildman–Crippen LogP) is 7.99. The number of piperidine rings is 1. The third-order valence-corrected chi connectivity index (χ3v) is 13.0. The van der Waals surface area contributed by atoms with Crippen LogP contribution in [-0.4, -0.2) is 116 Å². The van der Waals surface area contributed by atoms with Gasteiger partial charge in [0.05, 0.1) is 23.8 Å². The van der Waals surface area contributed by atoms with Crippen molar-refractivity contribution in [2.75, 3.05) is 66.7 Å². The van der Waals surface area contributed by atoms with Gasteiger partial charge in [-0.05, 0) is 104 Å². The number of hydrogen-bond acceptors (Lipinski definition) is 7. The van der Waals surface area contributed by atoms with Gasteiger partial charge in [-0.25, -0.2) is 4.39 Å². The number of likely N-dealkylation sites (tertiary alicyclic amines) is 1. The van der Waals surface area contributed by atoms with Crippen molar-refractivity contribution in [3.63, 3.8) is 0 Å². The number of hydrogen-bond donors (Lipinski definition) is 0. The standard InChI is InChI=1S/C48H49F7N4O6/c1-56(18-6-19-57(2)43(62)34-9-5-7-32(23-34)28-60)42(61)29-64-41-26-33-8-3-4-10-40(33)45(41)15-20-58(21-16-45)22-17-46(36-11-13-39(49)14-12-36)30-59(31-65-46)44(63)35-24-37(47(50,51)52)27-38(25-35)48(53,54)55/h3-5,7-14,23-25,27-28,41H,6,15-22,26,29-31H2,1-2H3/t41-,46-/m0/s1. The highest BCUT2D eigenvalue weighted by molar-refractivity contribution is 5.96. The third-order valence-electron chi connectivity index (χ3n) is 13.0. The van der Waals surface area contributed by atoms with Crippen LogP contribution in [-0.2, 0) is 44.1 Å². The molecular weight excluding hydrogens is 862 g/mol. The summed E-state index contributed by atoms with van der Waals surface area (Å²) in [4.78, 5) is 57.4. The monoisotopic (exact) mass is 910 g/mol. The molecule has 65 heavy (non-hydrogen) atoms. The summed E-state index contributed by atoms with van der Waals surface area (Å²) in [5, 5.41) is 0. The van der Waals surface area contributed by atoms with Crippen molar-refractivity contribution in [3.8, 4) is 0 Å². The minimum Gasteiger partial charge on any atom is -0.367 e. The molecule has 1 spiro atoms. The molecule has 2 saturated heterocycles. The summed E-state index contributed by atoms with van der Waals surface area (Å²) in [6.45, 7) is 1.66. The second kappa shape index (κ2) is 19.1. The Labute approximate surface area is 371 Å². The summed E-state index contributed by atoms with van der Waals surface area (Å²) in [5.41, 5.74) is -2.03. The van der Waals surface area contributed by atoms with Gasteiger partial charge in [-0.3, -0.25) is 19.2 Å². The molecule has 0 bridgehead atoms. The van der Waals surface area contributed by atoms with Gasteiger partial charge in [0, 0.05) is 55.8 Å². The van der Waals surface area contributed by atoms with Crippen molar-refractivity contribution < 1.29 is 59.4 Å². The van der Waals surface area contributed by atoms with Crippen LogP contribution in [0, 0.1) is 5.82 Å². The van der Waals surface area contributed by atoms with Gasteiger partial charge < -0.3 is 29.1 Å². The van der Waals surface area contributed by atoms with E-state index >= 15 is 0 Å². The average Bonchev–Trinajstić information content (AvgIpc) is 3.86. The summed E-state index contributed by atoms with van der Waals surface area (Å²) in [5.74, 6) is -2.03. The Morgan fingerprint density at radius 3 is 2.15 bits per heavy atom. The van der Waals surface area contributed by atoms with Crippen LogP contribution < -0.4 is 0 Å². The summed E-state index contributed by atoms with van der Waals surface area (Å²) in [6, 6.07) is 20.8. The summed E-state index contributed by atoms with van der Waals surface area (Å²) < 4.78 is 109. The number of aldehydes is 1. The highest BCUT2D eigenvalue weighted by Gasteiger charge is 2.50. The molecule has 0 radical (unpaired) electrons. The van der Waals surface area contributed by atoms with Gasteiger partial charge in [0.1, 0.15) is 31.0 Å². The minimum absolute atomic E-state index is 0.0321. The number of nitrogens with zero attached hydrogens (tertiary/aromatic N) is 4. The number of ether oxygens (including phenoxy) is 2. The molecule has 17 heteroatoms. The number of benzene rings is 4. The van der Waals surface area contributed by atoms with Gasteiger partial charge in [0.15, 0.2) is 0 Å². The molecule has 1 aliphatic carbocycles. The van der Waals surface area contributed by atoms with Gasteiger partial charge >= 0.3 is 12.4 Å². The minimum atomic E-state index is -5.14. The molecule has 3 aliphatic rings. The lowest BCUT2D eigenvalue weighted by molar-refractivity contribution is -0.143. The summed E-state index contributed by atoms with van der Waals surface area (Å²) in [6.07, 6.45) is -7.12. The molecule has 2 atom stereocenters. The van der Waals surface area contributed by atoms with E-state index in [0.717, 1.165) is 16.0 Å². The molecule has 346 valence electrons.